The predicted octanol–water partition coefficient (Wildman–Crippen LogP) is 6.16. The zero-order chi connectivity index (χ0) is 32.6. The van der Waals surface area contributed by atoms with Crippen LogP contribution in [-0.4, -0.2) is 68.8 Å². The van der Waals surface area contributed by atoms with Crippen LogP contribution in [0.2, 0.25) is 0 Å². The molecule has 5 aromatic rings. The Morgan fingerprint density at radius 2 is 1.44 bits per heavy atom. The van der Waals surface area contributed by atoms with Crippen molar-refractivity contribution in [3.8, 4) is 22.7 Å². The highest BCUT2D eigenvalue weighted by Crippen LogP contribution is 2.34. The van der Waals surface area contributed by atoms with Crippen LogP contribution in [0.4, 0.5) is 5.69 Å². The van der Waals surface area contributed by atoms with Crippen molar-refractivity contribution < 1.29 is 14.7 Å². The summed E-state index contributed by atoms with van der Waals surface area (Å²) in [7, 11) is 0. The minimum absolute atomic E-state index is 0.167. The van der Waals surface area contributed by atoms with Gasteiger partial charge < -0.3 is 19.5 Å². The summed E-state index contributed by atoms with van der Waals surface area (Å²) < 4.78 is 2.12. The highest BCUT2D eigenvalue weighted by Gasteiger charge is 2.30. The highest BCUT2D eigenvalue weighted by atomic mass is 16.3. The standard InChI is InChI=1S/C39H40N6O3/c46-37-4-2-1-3-33(37)35-25-36-34(41-42-35)19-24-45(36)31-11-9-29(10-12-31)44-22-17-30(18-23-44)43-20-15-27(16-21-43)26-5-7-28(8-6-26)32-13-14-38(47)40-39(32)48/h1-12,19,24-25,27,30,32,46H,13-18,20-23H2,(H,40,47,48). The number of likely N-dealkylation sites (tertiary alicyclic amines) is 1. The lowest BCUT2D eigenvalue weighted by Gasteiger charge is -2.42. The molecular formula is C39H40N6O3. The molecule has 2 amide bonds. The molecule has 244 valence electrons. The monoisotopic (exact) mass is 640 g/mol. The van der Waals surface area contributed by atoms with E-state index in [0.717, 1.165) is 61.3 Å². The topological polar surface area (TPSA) is 104 Å². The average Bonchev–Trinajstić information content (AvgIpc) is 3.56. The van der Waals surface area contributed by atoms with Gasteiger partial charge in [-0.15, -0.1) is 10.2 Å². The van der Waals surface area contributed by atoms with Crippen molar-refractivity contribution in [3.05, 3.63) is 102 Å². The Bertz CT molecular complexity index is 1940. The second-order valence-corrected chi connectivity index (χ2v) is 13.4. The molecule has 0 aliphatic carbocycles. The summed E-state index contributed by atoms with van der Waals surface area (Å²) in [6.45, 7) is 4.36. The van der Waals surface area contributed by atoms with Gasteiger partial charge in [0, 0.05) is 48.7 Å². The number of anilines is 1. The van der Waals surface area contributed by atoms with E-state index in [4.69, 9.17) is 0 Å². The molecule has 9 nitrogen and oxygen atoms in total. The number of phenolic OH excluding ortho intramolecular Hbond substituents is 1. The van der Waals surface area contributed by atoms with Gasteiger partial charge in [-0.05, 0) is 111 Å². The number of amides is 2. The van der Waals surface area contributed by atoms with E-state index in [-0.39, 0.29) is 23.5 Å². The first-order valence-corrected chi connectivity index (χ1v) is 17.2. The molecule has 0 bridgehead atoms. The molecule has 0 radical (unpaired) electrons. The number of rotatable bonds is 6. The third kappa shape index (κ3) is 5.94. The van der Waals surface area contributed by atoms with Crippen molar-refractivity contribution in [2.24, 2.45) is 0 Å². The molecule has 8 rings (SSSR count). The number of hydrogen-bond acceptors (Lipinski definition) is 7. The van der Waals surface area contributed by atoms with Crippen molar-refractivity contribution in [2.45, 2.75) is 56.4 Å². The number of phenols is 1. The number of para-hydroxylation sites is 1. The molecule has 3 saturated heterocycles. The number of nitrogens with one attached hydrogen (secondary N) is 1. The molecule has 3 aliphatic heterocycles. The van der Waals surface area contributed by atoms with Gasteiger partial charge in [-0.1, -0.05) is 36.4 Å². The molecule has 3 aromatic carbocycles. The maximum Gasteiger partial charge on any atom is 0.234 e. The summed E-state index contributed by atoms with van der Waals surface area (Å²) in [6.07, 6.45) is 7.69. The number of carbonyl (C=O) groups is 2. The molecule has 9 heteroatoms. The Balaban J connectivity index is 0.856. The molecule has 48 heavy (non-hydrogen) atoms. The zero-order valence-corrected chi connectivity index (χ0v) is 27.0. The smallest absolute Gasteiger partial charge is 0.234 e. The SMILES string of the molecule is O=C1CCC(c2ccc(C3CCN(C4CCN(c5ccc(-n6ccc7nnc(-c8ccccc8O)cc76)cc5)CC4)CC3)cc2)C(=O)N1. The van der Waals surface area contributed by atoms with Gasteiger partial charge in [-0.2, -0.15) is 0 Å². The second-order valence-electron chi connectivity index (χ2n) is 13.4. The molecular weight excluding hydrogens is 600 g/mol. The van der Waals surface area contributed by atoms with Crippen LogP contribution in [0.3, 0.4) is 0 Å². The van der Waals surface area contributed by atoms with Crippen LogP contribution >= 0.6 is 0 Å². The zero-order valence-electron chi connectivity index (χ0n) is 27.0. The lowest BCUT2D eigenvalue weighted by atomic mass is 9.85. The van der Waals surface area contributed by atoms with Gasteiger partial charge in [0.2, 0.25) is 11.8 Å². The van der Waals surface area contributed by atoms with Crippen LogP contribution < -0.4 is 10.2 Å². The van der Waals surface area contributed by atoms with Gasteiger partial charge in [0.05, 0.1) is 17.1 Å². The summed E-state index contributed by atoms with van der Waals surface area (Å²) in [5.41, 5.74) is 7.76. The van der Waals surface area contributed by atoms with Crippen molar-refractivity contribution >= 4 is 28.5 Å². The van der Waals surface area contributed by atoms with Crippen molar-refractivity contribution in [1.82, 2.24) is 25.0 Å². The number of imide groups is 1. The Labute approximate surface area is 280 Å². The third-order valence-electron chi connectivity index (χ3n) is 10.7. The number of benzene rings is 3. The predicted molar refractivity (Wildman–Crippen MR) is 186 cm³/mol. The Morgan fingerprint density at radius 3 is 2.17 bits per heavy atom. The quantitative estimate of drug-likeness (QED) is 0.214. The van der Waals surface area contributed by atoms with E-state index in [0.29, 0.717) is 36.1 Å². The summed E-state index contributed by atoms with van der Waals surface area (Å²) in [5, 5.41) is 21.6. The minimum atomic E-state index is -0.219. The van der Waals surface area contributed by atoms with E-state index < -0.39 is 0 Å². The third-order valence-corrected chi connectivity index (χ3v) is 10.7. The fourth-order valence-corrected chi connectivity index (χ4v) is 7.90. The van der Waals surface area contributed by atoms with E-state index in [1.54, 1.807) is 12.1 Å². The first-order chi connectivity index (χ1) is 23.5. The second kappa shape index (κ2) is 12.9. The number of fused-ring (bicyclic) bond motifs is 1. The summed E-state index contributed by atoms with van der Waals surface area (Å²) in [5.74, 6) is 0.190. The van der Waals surface area contributed by atoms with Crippen LogP contribution in [0.5, 0.6) is 5.75 Å². The number of piperidine rings is 3. The van der Waals surface area contributed by atoms with Crippen LogP contribution in [0.1, 0.15) is 61.5 Å². The molecule has 1 unspecified atom stereocenters. The van der Waals surface area contributed by atoms with Crippen molar-refractivity contribution in [1.29, 1.82) is 0 Å². The van der Waals surface area contributed by atoms with Crippen LogP contribution in [0, 0.1) is 0 Å². The van der Waals surface area contributed by atoms with E-state index in [9.17, 15) is 14.7 Å². The number of aromatic nitrogens is 3. The summed E-state index contributed by atoms with van der Waals surface area (Å²) >= 11 is 0. The largest absolute Gasteiger partial charge is 0.507 e. The average molecular weight is 641 g/mol. The van der Waals surface area contributed by atoms with E-state index in [1.165, 1.54) is 24.1 Å². The minimum Gasteiger partial charge on any atom is -0.507 e. The number of aromatic hydroxyl groups is 1. The Hall–Kier alpha value is -5.02. The van der Waals surface area contributed by atoms with Crippen LogP contribution in [0.15, 0.2) is 91.1 Å². The number of nitrogens with zero attached hydrogens (tertiary/aromatic N) is 5. The molecule has 3 fully saturated rings. The molecule has 0 saturated carbocycles. The lowest BCUT2D eigenvalue weighted by molar-refractivity contribution is -0.134. The molecule has 2 aromatic heterocycles. The van der Waals surface area contributed by atoms with Gasteiger partial charge in [0.25, 0.3) is 0 Å². The Morgan fingerprint density at radius 1 is 0.729 bits per heavy atom. The molecule has 2 N–H and O–H groups in total. The van der Waals surface area contributed by atoms with Gasteiger partial charge >= 0.3 is 0 Å². The fourth-order valence-electron chi connectivity index (χ4n) is 7.90. The molecule has 3 aliphatic rings. The maximum atomic E-state index is 12.3. The van der Waals surface area contributed by atoms with Crippen molar-refractivity contribution in [3.63, 3.8) is 0 Å². The molecule has 5 heterocycles. The van der Waals surface area contributed by atoms with Gasteiger partial charge in [0.1, 0.15) is 11.3 Å². The van der Waals surface area contributed by atoms with Crippen LogP contribution in [0.25, 0.3) is 28.0 Å². The lowest BCUT2D eigenvalue weighted by Crippen LogP contribution is -2.47. The Kier molecular flexibility index (Phi) is 8.14. The van der Waals surface area contributed by atoms with E-state index in [1.807, 2.05) is 30.5 Å². The molecule has 1 atom stereocenters. The number of carbonyl (C=O) groups excluding carboxylic acids is 2. The molecule has 0 spiro atoms. The summed E-state index contributed by atoms with van der Waals surface area (Å²) in [4.78, 5) is 29.0. The highest BCUT2D eigenvalue weighted by molar-refractivity contribution is 6.00. The van der Waals surface area contributed by atoms with E-state index in [2.05, 4.69) is 78.4 Å². The van der Waals surface area contributed by atoms with Gasteiger partial charge in [-0.3, -0.25) is 14.9 Å². The normalized spacial score (nSPS) is 19.9. The van der Waals surface area contributed by atoms with Crippen LogP contribution in [-0.2, 0) is 9.59 Å². The summed E-state index contributed by atoms with van der Waals surface area (Å²) in [6, 6.07) is 29.1. The first-order valence-electron chi connectivity index (χ1n) is 17.2. The number of hydrogen-bond donors (Lipinski definition) is 2. The van der Waals surface area contributed by atoms with Crippen molar-refractivity contribution in [2.75, 3.05) is 31.1 Å². The van der Waals surface area contributed by atoms with Gasteiger partial charge in [-0.25, -0.2) is 0 Å². The van der Waals surface area contributed by atoms with E-state index >= 15 is 0 Å². The fraction of sp³-hybridized carbons (Fsp3) is 0.333. The maximum absolute atomic E-state index is 12.3. The first kappa shape index (κ1) is 30.3. The van der Waals surface area contributed by atoms with Gasteiger partial charge in [0.15, 0.2) is 0 Å².